The Balaban J connectivity index is 1.61. The Morgan fingerprint density at radius 1 is 1.10 bits per heavy atom. The predicted octanol–water partition coefficient (Wildman–Crippen LogP) is 6.72. The second kappa shape index (κ2) is 14.5. The molecule has 4 rings (SSSR count). The molecule has 4 aromatic rings. The summed E-state index contributed by atoms with van der Waals surface area (Å²) in [6.07, 6.45) is 5.22. The number of halogens is 1. The van der Waals surface area contributed by atoms with Crippen molar-refractivity contribution in [1.29, 1.82) is 5.26 Å². The third-order valence-corrected chi connectivity index (χ3v) is 6.90. The Kier molecular flexibility index (Phi) is 10.5. The number of hydrogen-bond donors (Lipinski definition) is 2. The molecule has 0 radical (unpaired) electrons. The molecule has 0 atom stereocenters. The highest BCUT2D eigenvalue weighted by molar-refractivity contribution is 6.32. The smallest absolute Gasteiger partial charge is 0.224 e. The van der Waals surface area contributed by atoms with E-state index in [0.29, 0.717) is 69.7 Å². The van der Waals surface area contributed by atoms with Gasteiger partial charge in [0.2, 0.25) is 5.91 Å². The van der Waals surface area contributed by atoms with E-state index in [1.54, 1.807) is 30.5 Å². The number of aromatic nitrogens is 2. The van der Waals surface area contributed by atoms with Crippen LogP contribution in [0.25, 0.3) is 10.9 Å². The Bertz CT molecular complexity index is 1600. The molecule has 1 amide bonds. The summed E-state index contributed by atoms with van der Waals surface area (Å²) in [6.45, 7) is 5.48. The number of amides is 1. The monoisotopic (exact) mass is 586 g/mol. The fraction of sp³-hybridized carbons (Fsp3) is 0.312. The van der Waals surface area contributed by atoms with Crippen LogP contribution in [0.1, 0.15) is 43.5 Å². The summed E-state index contributed by atoms with van der Waals surface area (Å²) in [5, 5.41) is 17.3. The number of pyridine rings is 2. The molecule has 42 heavy (non-hydrogen) atoms. The van der Waals surface area contributed by atoms with Gasteiger partial charge in [-0.25, -0.2) is 0 Å². The average Bonchev–Trinajstić information content (AvgIpc) is 2.97. The number of carbonyl (C=O) groups is 1. The minimum Gasteiger partial charge on any atom is -0.492 e. The maximum Gasteiger partial charge on any atom is 0.224 e. The summed E-state index contributed by atoms with van der Waals surface area (Å²) in [7, 11) is 3.95. The number of ether oxygens (including phenoxy) is 2. The van der Waals surface area contributed by atoms with E-state index < -0.39 is 0 Å². The zero-order chi connectivity index (χ0) is 30.1. The maximum atomic E-state index is 12.7. The number of rotatable bonds is 13. The molecule has 9 nitrogen and oxygen atoms in total. The summed E-state index contributed by atoms with van der Waals surface area (Å²) in [4.78, 5) is 23.7. The van der Waals surface area contributed by atoms with Crippen molar-refractivity contribution < 1.29 is 14.3 Å². The second-order valence-corrected chi connectivity index (χ2v) is 10.3. The van der Waals surface area contributed by atoms with E-state index in [-0.39, 0.29) is 5.91 Å². The Morgan fingerprint density at radius 2 is 1.93 bits per heavy atom. The zero-order valence-corrected chi connectivity index (χ0v) is 25.1. The van der Waals surface area contributed by atoms with Crippen molar-refractivity contribution in [2.45, 2.75) is 39.7 Å². The molecule has 0 aliphatic heterocycles. The van der Waals surface area contributed by atoms with E-state index in [9.17, 15) is 10.1 Å². The normalized spacial score (nSPS) is 10.9. The topological polar surface area (TPSA) is 112 Å². The first-order valence-electron chi connectivity index (χ1n) is 13.9. The van der Waals surface area contributed by atoms with Gasteiger partial charge in [0.05, 0.1) is 39.8 Å². The molecule has 2 N–H and O–H groups in total. The minimum absolute atomic E-state index is 0.116. The number of nitriles is 1. The number of fused-ring (bicyclic) bond motifs is 1. The van der Waals surface area contributed by atoms with Crippen LogP contribution in [0, 0.1) is 11.3 Å². The van der Waals surface area contributed by atoms with E-state index in [4.69, 9.17) is 21.1 Å². The molecule has 218 valence electrons. The van der Waals surface area contributed by atoms with Gasteiger partial charge in [-0.15, -0.1) is 0 Å². The van der Waals surface area contributed by atoms with Crippen molar-refractivity contribution >= 4 is 45.5 Å². The first-order valence-corrected chi connectivity index (χ1v) is 14.3. The van der Waals surface area contributed by atoms with Crippen molar-refractivity contribution in [3.63, 3.8) is 0 Å². The van der Waals surface area contributed by atoms with Gasteiger partial charge in [0.15, 0.2) is 0 Å². The molecule has 0 saturated heterocycles. The molecule has 0 aliphatic rings. The van der Waals surface area contributed by atoms with Gasteiger partial charge in [0, 0.05) is 36.0 Å². The molecule has 0 bridgehead atoms. The number of hydrogen-bond acceptors (Lipinski definition) is 8. The largest absolute Gasteiger partial charge is 0.492 e. The highest BCUT2D eigenvalue weighted by Crippen LogP contribution is 2.37. The third kappa shape index (κ3) is 7.66. The van der Waals surface area contributed by atoms with Crippen LogP contribution in [0.4, 0.5) is 17.1 Å². The van der Waals surface area contributed by atoms with Crippen LogP contribution in [0.2, 0.25) is 5.02 Å². The number of aryl methyl sites for hydroxylation is 1. The third-order valence-electron chi connectivity index (χ3n) is 6.60. The SMILES string of the molecule is CCOc1cc2ncc(C#N)c(Nc3ccc(OCc4ncccc4CC)c(Cl)c3)c2cc1NC(=O)CCCN(C)C. The second-order valence-electron chi connectivity index (χ2n) is 9.93. The van der Waals surface area contributed by atoms with E-state index >= 15 is 0 Å². The van der Waals surface area contributed by atoms with Crippen LogP contribution in [0.3, 0.4) is 0 Å². The van der Waals surface area contributed by atoms with Gasteiger partial charge in [0.1, 0.15) is 24.2 Å². The van der Waals surface area contributed by atoms with Gasteiger partial charge in [-0.3, -0.25) is 14.8 Å². The molecular weight excluding hydrogens is 552 g/mol. The van der Waals surface area contributed by atoms with E-state index in [2.05, 4.69) is 33.6 Å². The molecule has 0 aliphatic carbocycles. The fourth-order valence-electron chi connectivity index (χ4n) is 4.49. The number of nitrogens with one attached hydrogen (secondary N) is 2. The average molecular weight is 587 g/mol. The standard InChI is InChI=1S/C32H35ClN6O3/c1-5-21-9-7-13-35-28(21)20-42-29-12-11-23(15-25(29)33)37-32-22(18-34)19-36-26-17-30(41-6-2)27(16-24(26)32)38-31(40)10-8-14-39(3)4/h7,9,11-13,15-17,19H,5-6,8,10,14,20H2,1-4H3,(H,36,37)(H,38,40). The van der Waals surface area contributed by atoms with Gasteiger partial charge in [-0.05, 0) is 76.3 Å². The molecular formula is C32H35ClN6O3. The van der Waals surface area contributed by atoms with Crippen molar-refractivity contribution in [3.05, 3.63) is 76.7 Å². The van der Waals surface area contributed by atoms with Crippen molar-refractivity contribution in [2.75, 3.05) is 37.9 Å². The van der Waals surface area contributed by atoms with Gasteiger partial charge in [-0.2, -0.15) is 5.26 Å². The molecule has 2 heterocycles. The molecule has 0 fully saturated rings. The number of anilines is 3. The number of carbonyl (C=O) groups excluding carboxylic acids is 1. The first-order chi connectivity index (χ1) is 20.3. The highest BCUT2D eigenvalue weighted by atomic mass is 35.5. The van der Waals surface area contributed by atoms with Crippen molar-refractivity contribution in [2.24, 2.45) is 0 Å². The molecule has 0 saturated carbocycles. The highest BCUT2D eigenvalue weighted by Gasteiger charge is 2.16. The lowest BCUT2D eigenvalue weighted by molar-refractivity contribution is -0.116. The fourth-order valence-corrected chi connectivity index (χ4v) is 4.72. The summed E-state index contributed by atoms with van der Waals surface area (Å²) >= 11 is 6.60. The lowest BCUT2D eigenvalue weighted by Gasteiger charge is -2.17. The van der Waals surface area contributed by atoms with Gasteiger partial charge in [0.25, 0.3) is 0 Å². The minimum atomic E-state index is -0.116. The van der Waals surface area contributed by atoms with E-state index in [1.165, 1.54) is 6.20 Å². The molecule has 0 spiro atoms. The van der Waals surface area contributed by atoms with E-state index in [0.717, 1.165) is 30.6 Å². The summed E-state index contributed by atoms with van der Waals surface area (Å²) in [6, 6.07) is 15.1. The lowest BCUT2D eigenvalue weighted by atomic mass is 10.1. The quantitative estimate of drug-likeness (QED) is 0.177. The van der Waals surface area contributed by atoms with Gasteiger partial charge < -0.3 is 25.0 Å². The van der Waals surface area contributed by atoms with Gasteiger partial charge in [-0.1, -0.05) is 24.6 Å². The molecule has 2 aromatic heterocycles. The number of nitrogens with zero attached hydrogens (tertiary/aromatic N) is 4. The van der Waals surface area contributed by atoms with Gasteiger partial charge >= 0.3 is 0 Å². The van der Waals surface area contributed by atoms with Crippen molar-refractivity contribution in [3.8, 4) is 17.6 Å². The summed E-state index contributed by atoms with van der Waals surface area (Å²) in [5.41, 5.74) is 4.66. The lowest BCUT2D eigenvalue weighted by Crippen LogP contribution is -2.17. The van der Waals surface area contributed by atoms with Crippen LogP contribution < -0.4 is 20.1 Å². The number of benzene rings is 2. The Labute approximate surface area is 251 Å². The van der Waals surface area contributed by atoms with Crippen LogP contribution in [-0.2, 0) is 17.8 Å². The van der Waals surface area contributed by atoms with Crippen LogP contribution >= 0.6 is 11.6 Å². The van der Waals surface area contributed by atoms with Crippen molar-refractivity contribution in [1.82, 2.24) is 14.9 Å². The summed E-state index contributed by atoms with van der Waals surface area (Å²) in [5.74, 6) is 0.920. The van der Waals surface area contributed by atoms with Crippen LogP contribution in [0.5, 0.6) is 11.5 Å². The van der Waals surface area contributed by atoms with Crippen LogP contribution in [0.15, 0.2) is 54.9 Å². The summed E-state index contributed by atoms with van der Waals surface area (Å²) < 4.78 is 11.8. The molecule has 10 heteroatoms. The molecule has 2 aromatic carbocycles. The first kappa shape index (κ1) is 30.6. The van der Waals surface area contributed by atoms with E-state index in [1.807, 2.05) is 44.1 Å². The predicted molar refractivity (Wildman–Crippen MR) is 167 cm³/mol. The van der Waals surface area contributed by atoms with Crippen LogP contribution in [-0.4, -0.2) is 48.0 Å². The Hall–Kier alpha value is -4.39. The molecule has 0 unspecified atom stereocenters. The zero-order valence-electron chi connectivity index (χ0n) is 24.3. The Morgan fingerprint density at radius 3 is 2.64 bits per heavy atom. The maximum absolute atomic E-state index is 12.7.